The van der Waals surface area contributed by atoms with E-state index >= 15 is 0 Å². The van der Waals surface area contributed by atoms with Crippen LogP contribution in [0.3, 0.4) is 0 Å². The van der Waals surface area contributed by atoms with Gasteiger partial charge in [0.2, 0.25) is 0 Å². The van der Waals surface area contributed by atoms with Gasteiger partial charge in [0.1, 0.15) is 22.8 Å². The van der Waals surface area contributed by atoms with Crippen molar-refractivity contribution in [1.82, 2.24) is 24.5 Å². The number of hydrogen-bond acceptors (Lipinski definition) is 7. The van der Waals surface area contributed by atoms with Crippen molar-refractivity contribution in [2.75, 3.05) is 26.3 Å². The monoisotopic (exact) mass is 450 g/mol. The number of benzene rings is 1. The van der Waals surface area contributed by atoms with Crippen LogP contribution in [-0.4, -0.2) is 61.9 Å². The van der Waals surface area contributed by atoms with Gasteiger partial charge < -0.3 is 15.6 Å². The van der Waals surface area contributed by atoms with Gasteiger partial charge in [0.15, 0.2) is 11.5 Å². The van der Waals surface area contributed by atoms with Gasteiger partial charge in [-0.25, -0.2) is 9.37 Å². The molecule has 0 radical (unpaired) electrons. The molecule has 0 saturated carbocycles. The number of rotatable bonds is 7. The van der Waals surface area contributed by atoms with Crippen LogP contribution in [0.1, 0.15) is 31.4 Å². The zero-order chi connectivity index (χ0) is 22.9. The highest BCUT2D eigenvalue weighted by atomic mass is 19.1. The van der Waals surface area contributed by atoms with Crippen LogP contribution in [0.25, 0.3) is 28.1 Å². The Morgan fingerprint density at radius 2 is 2.12 bits per heavy atom. The molecular weight excluding hydrogens is 423 g/mol. The van der Waals surface area contributed by atoms with E-state index in [1.165, 1.54) is 12.1 Å². The Hall–Kier alpha value is -3.14. The van der Waals surface area contributed by atoms with Gasteiger partial charge >= 0.3 is 0 Å². The third kappa shape index (κ3) is 4.27. The third-order valence-corrected chi connectivity index (χ3v) is 6.22. The van der Waals surface area contributed by atoms with Crippen molar-refractivity contribution < 1.29 is 14.2 Å². The number of likely N-dealkylation sites (tertiary alicyclic amines) is 1. The maximum atomic E-state index is 14.1. The average Bonchev–Trinajstić information content (AvgIpc) is 3.44. The highest BCUT2D eigenvalue weighted by Gasteiger charge is 2.25. The van der Waals surface area contributed by atoms with Crippen LogP contribution in [0, 0.1) is 5.82 Å². The number of halogens is 1. The number of nitrogens with two attached hydrogens (primary N) is 1. The predicted octanol–water partition coefficient (Wildman–Crippen LogP) is 2.94. The van der Waals surface area contributed by atoms with E-state index in [0.717, 1.165) is 30.7 Å². The molecule has 172 valence electrons. The summed E-state index contributed by atoms with van der Waals surface area (Å²) in [6, 6.07) is 10.8. The number of hydrogen-bond donors (Lipinski definition) is 2. The van der Waals surface area contributed by atoms with Crippen molar-refractivity contribution in [3.63, 3.8) is 0 Å². The highest BCUT2D eigenvalue weighted by molar-refractivity contribution is 5.86. The number of aliphatic hydroxyl groups excluding tert-OH is 1. The molecule has 1 aliphatic heterocycles. The van der Waals surface area contributed by atoms with E-state index in [-0.39, 0.29) is 25.3 Å². The van der Waals surface area contributed by atoms with E-state index in [1.54, 1.807) is 6.07 Å². The fourth-order valence-corrected chi connectivity index (χ4v) is 4.36. The van der Waals surface area contributed by atoms with Gasteiger partial charge in [-0.3, -0.25) is 9.30 Å². The first kappa shape index (κ1) is 21.7. The Labute approximate surface area is 190 Å². The Morgan fingerprint density at radius 3 is 2.91 bits per heavy atom. The van der Waals surface area contributed by atoms with Crippen molar-refractivity contribution in [2.24, 2.45) is 5.73 Å². The van der Waals surface area contributed by atoms with Gasteiger partial charge in [0, 0.05) is 55.9 Å². The summed E-state index contributed by atoms with van der Waals surface area (Å²) in [5.41, 5.74) is 9.12. The van der Waals surface area contributed by atoms with E-state index in [4.69, 9.17) is 20.6 Å². The molecule has 33 heavy (non-hydrogen) atoms. The molecule has 0 amide bonds. The van der Waals surface area contributed by atoms with Crippen LogP contribution >= 0.6 is 0 Å². The molecule has 3 aromatic heterocycles. The minimum absolute atomic E-state index is 0.00177. The fourth-order valence-electron chi connectivity index (χ4n) is 4.36. The van der Waals surface area contributed by atoms with Crippen LogP contribution in [0.5, 0.6) is 5.75 Å². The summed E-state index contributed by atoms with van der Waals surface area (Å²) in [5.74, 6) is 0.544. The maximum Gasteiger partial charge on any atom is 0.187 e. The van der Waals surface area contributed by atoms with Crippen molar-refractivity contribution >= 4 is 16.6 Å². The lowest BCUT2D eigenvalue weighted by Gasteiger charge is -2.24. The molecule has 9 heteroatoms. The summed E-state index contributed by atoms with van der Waals surface area (Å²) in [6.45, 7) is 4.33. The highest BCUT2D eigenvalue weighted by Crippen LogP contribution is 2.30. The quantitative estimate of drug-likeness (QED) is 0.418. The Bertz CT molecular complexity index is 1290. The minimum Gasteiger partial charge on any atom is -0.491 e. The van der Waals surface area contributed by atoms with Crippen LogP contribution < -0.4 is 10.5 Å². The smallest absolute Gasteiger partial charge is 0.187 e. The zero-order valence-corrected chi connectivity index (χ0v) is 18.5. The van der Waals surface area contributed by atoms with Gasteiger partial charge in [-0.05, 0) is 37.1 Å². The van der Waals surface area contributed by atoms with Crippen LogP contribution in [-0.2, 0) is 0 Å². The molecule has 0 aliphatic carbocycles. The molecule has 1 aromatic carbocycles. The molecule has 0 spiro atoms. The van der Waals surface area contributed by atoms with Crippen LogP contribution in [0.4, 0.5) is 4.39 Å². The molecule has 4 aromatic rings. The molecule has 4 heterocycles. The summed E-state index contributed by atoms with van der Waals surface area (Å²) in [7, 11) is 0. The minimum atomic E-state index is -0.399. The molecule has 5 rings (SSSR count). The standard InChI is InChI=1S/C24H27FN6O2/c1-15(30-8-7-19(26)14-30)17-4-6-22-28-29-24(31(22)13-17)20-5-3-16-11-18(25)12-21(23(16)27-20)33-10-2-9-32/h3-6,11-13,15,19,32H,2,7-10,14,26H2,1H3/t15-,19-/m0/s1. The molecular formula is C24H27FN6O2. The summed E-state index contributed by atoms with van der Waals surface area (Å²) in [6.07, 6.45) is 3.51. The summed E-state index contributed by atoms with van der Waals surface area (Å²) < 4.78 is 21.7. The SMILES string of the molecule is C[C@@H](c1ccc2nnc(-c3ccc4cc(F)cc(OCCCO)c4n3)n2c1)N1CC[C@H](N)C1. The largest absolute Gasteiger partial charge is 0.491 e. The van der Waals surface area contributed by atoms with E-state index in [0.29, 0.717) is 34.6 Å². The Morgan fingerprint density at radius 1 is 1.24 bits per heavy atom. The van der Waals surface area contributed by atoms with Gasteiger partial charge in [-0.15, -0.1) is 10.2 Å². The van der Waals surface area contributed by atoms with Gasteiger partial charge in [-0.2, -0.15) is 0 Å². The third-order valence-electron chi connectivity index (χ3n) is 6.22. The van der Waals surface area contributed by atoms with Crippen molar-refractivity contribution in [3.05, 3.63) is 54.0 Å². The van der Waals surface area contributed by atoms with E-state index in [1.807, 2.05) is 22.7 Å². The lowest BCUT2D eigenvalue weighted by atomic mass is 10.1. The maximum absolute atomic E-state index is 14.1. The lowest BCUT2D eigenvalue weighted by Crippen LogP contribution is -2.28. The molecule has 8 nitrogen and oxygen atoms in total. The molecule has 1 aliphatic rings. The molecule has 1 saturated heterocycles. The van der Waals surface area contributed by atoms with Gasteiger partial charge in [0.25, 0.3) is 0 Å². The second kappa shape index (κ2) is 9.01. The first-order chi connectivity index (χ1) is 16.0. The van der Waals surface area contributed by atoms with Crippen LogP contribution in [0.2, 0.25) is 0 Å². The summed E-state index contributed by atoms with van der Waals surface area (Å²) >= 11 is 0. The van der Waals surface area contributed by atoms with Crippen LogP contribution in [0.15, 0.2) is 42.6 Å². The second-order valence-corrected chi connectivity index (χ2v) is 8.53. The van der Waals surface area contributed by atoms with Crippen molar-refractivity contribution in [3.8, 4) is 17.3 Å². The first-order valence-electron chi connectivity index (χ1n) is 11.2. The number of aromatic nitrogens is 4. The molecule has 1 fully saturated rings. The fraction of sp³-hybridized carbons (Fsp3) is 0.375. The summed E-state index contributed by atoms with van der Waals surface area (Å²) in [5, 5.41) is 18.3. The number of ether oxygens (including phenoxy) is 1. The lowest BCUT2D eigenvalue weighted by molar-refractivity contribution is 0.234. The molecule has 2 atom stereocenters. The molecule has 0 unspecified atom stereocenters. The number of pyridine rings is 2. The van der Waals surface area contributed by atoms with Gasteiger partial charge in [-0.1, -0.05) is 12.1 Å². The van der Waals surface area contributed by atoms with Crippen molar-refractivity contribution in [1.29, 1.82) is 0 Å². The number of fused-ring (bicyclic) bond motifs is 2. The Balaban J connectivity index is 1.53. The topological polar surface area (TPSA) is 102 Å². The van der Waals surface area contributed by atoms with Gasteiger partial charge in [0.05, 0.1) is 6.61 Å². The second-order valence-electron chi connectivity index (χ2n) is 8.53. The average molecular weight is 451 g/mol. The Kier molecular flexibility index (Phi) is 5.92. The zero-order valence-electron chi connectivity index (χ0n) is 18.5. The first-order valence-corrected chi connectivity index (χ1v) is 11.2. The molecule has 0 bridgehead atoms. The van der Waals surface area contributed by atoms with Crippen molar-refractivity contribution in [2.45, 2.75) is 31.8 Å². The molecule has 3 N–H and O–H groups in total. The predicted molar refractivity (Wildman–Crippen MR) is 123 cm³/mol. The normalized spacial score (nSPS) is 17.8. The van der Waals surface area contributed by atoms with E-state index < -0.39 is 5.82 Å². The number of nitrogens with zero attached hydrogens (tertiary/aromatic N) is 5. The number of aliphatic hydroxyl groups is 1. The van der Waals surface area contributed by atoms with E-state index in [2.05, 4.69) is 28.1 Å². The summed E-state index contributed by atoms with van der Waals surface area (Å²) in [4.78, 5) is 7.13. The van der Waals surface area contributed by atoms with E-state index in [9.17, 15) is 4.39 Å².